The van der Waals surface area contributed by atoms with E-state index in [-0.39, 0.29) is 0 Å². The van der Waals surface area contributed by atoms with Crippen LogP contribution in [0, 0.1) is 0 Å². The third-order valence-electron chi connectivity index (χ3n) is 2.33. The van der Waals surface area contributed by atoms with Crippen LogP contribution in [0.15, 0.2) is 5.16 Å². The Morgan fingerprint density at radius 3 is 2.50 bits per heavy atom. The first-order valence-electron chi connectivity index (χ1n) is 5.36. The molecule has 14 heavy (non-hydrogen) atoms. The number of hydrogen-bond acceptors (Lipinski definition) is 3. The van der Waals surface area contributed by atoms with Crippen LogP contribution in [0.25, 0.3) is 0 Å². The molecule has 0 radical (unpaired) electrons. The summed E-state index contributed by atoms with van der Waals surface area (Å²) in [5, 5.41) is 11.5. The lowest BCUT2D eigenvalue weighted by Gasteiger charge is -2.27. The Morgan fingerprint density at radius 2 is 2.07 bits per heavy atom. The molecule has 0 aliphatic carbocycles. The lowest BCUT2D eigenvalue weighted by atomic mass is 10.1. The lowest BCUT2D eigenvalue weighted by Crippen LogP contribution is -2.40. The fraction of sp³-hybridized carbons (Fsp3) is 0.900. The van der Waals surface area contributed by atoms with E-state index in [9.17, 15) is 0 Å². The second kappa shape index (κ2) is 7.62. The molecular weight excluding hydrogens is 178 g/mol. The topological polar surface area (TPSA) is 61.8 Å². The normalized spacial score (nSPS) is 14.7. The molecule has 0 aliphatic rings. The van der Waals surface area contributed by atoms with Crippen LogP contribution in [0.5, 0.6) is 0 Å². The average Bonchev–Trinajstić information content (AvgIpc) is 2.17. The Balaban J connectivity index is 4.12. The Labute approximate surface area is 86.8 Å². The number of nitrogens with zero attached hydrogens (tertiary/aromatic N) is 2. The minimum Gasteiger partial charge on any atom is -0.409 e. The summed E-state index contributed by atoms with van der Waals surface area (Å²) in [4.78, 5) is 2.25. The van der Waals surface area contributed by atoms with Crippen molar-refractivity contribution >= 4 is 5.84 Å². The van der Waals surface area contributed by atoms with Gasteiger partial charge in [0, 0.05) is 6.04 Å². The first-order valence-corrected chi connectivity index (χ1v) is 5.36. The molecule has 0 aromatic heterocycles. The van der Waals surface area contributed by atoms with Gasteiger partial charge in [0.15, 0.2) is 5.84 Å². The second-order valence-corrected chi connectivity index (χ2v) is 3.70. The summed E-state index contributed by atoms with van der Waals surface area (Å²) in [6, 6.07) is 0.500. The van der Waals surface area contributed by atoms with Gasteiger partial charge in [-0.2, -0.15) is 0 Å². The predicted octanol–water partition coefficient (Wildman–Crippen LogP) is 1.63. The summed E-state index contributed by atoms with van der Waals surface area (Å²) < 4.78 is 0. The third-order valence-corrected chi connectivity index (χ3v) is 2.33. The van der Waals surface area contributed by atoms with Gasteiger partial charge in [0.2, 0.25) is 0 Å². The van der Waals surface area contributed by atoms with Gasteiger partial charge in [-0.25, -0.2) is 0 Å². The highest BCUT2D eigenvalue weighted by Gasteiger charge is 2.13. The van der Waals surface area contributed by atoms with Crippen LogP contribution in [0.4, 0.5) is 0 Å². The summed E-state index contributed by atoms with van der Waals surface area (Å²) in [6.45, 7) is 8.05. The van der Waals surface area contributed by atoms with Gasteiger partial charge in [-0.1, -0.05) is 25.4 Å². The van der Waals surface area contributed by atoms with Crippen LogP contribution in [-0.2, 0) is 0 Å². The summed E-state index contributed by atoms with van der Waals surface area (Å²) in [6.07, 6.45) is 3.41. The minimum atomic E-state index is 0.293. The van der Waals surface area contributed by atoms with E-state index in [0.29, 0.717) is 18.4 Å². The van der Waals surface area contributed by atoms with E-state index < -0.39 is 0 Å². The smallest absolute Gasteiger partial charge is 0.153 e. The van der Waals surface area contributed by atoms with Gasteiger partial charge in [-0.3, -0.25) is 4.90 Å². The number of oxime groups is 1. The Hall–Kier alpha value is -0.770. The van der Waals surface area contributed by atoms with E-state index >= 15 is 0 Å². The molecule has 4 nitrogen and oxygen atoms in total. The van der Waals surface area contributed by atoms with Gasteiger partial charge in [0.05, 0.1) is 6.54 Å². The molecule has 0 aromatic rings. The van der Waals surface area contributed by atoms with E-state index in [4.69, 9.17) is 10.9 Å². The van der Waals surface area contributed by atoms with Gasteiger partial charge < -0.3 is 10.9 Å². The zero-order chi connectivity index (χ0) is 11.0. The molecule has 1 unspecified atom stereocenters. The van der Waals surface area contributed by atoms with Gasteiger partial charge in [-0.05, 0) is 26.3 Å². The van der Waals surface area contributed by atoms with Crippen LogP contribution >= 0.6 is 0 Å². The van der Waals surface area contributed by atoms with Crippen molar-refractivity contribution in [3.8, 4) is 0 Å². The van der Waals surface area contributed by atoms with Crippen molar-refractivity contribution in [1.82, 2.24) is 4.90 Å². The molecule has 0 saturated carbocycles. The Morgan fingerprint density at radius 1 is 1.43 bits per heavy atom. The third kappa shape index (κ3) is 5.07. The maximum Gasteiger partial charge on any atom is 0.153 e. The quantitative estimate of drug-likeness (QED) is 0.285. The van der Waals surface area contributed by atoms with E-state index in [0.717, 1.165) is 25.8 Å². The molecule has 0 heterocycles. The SMILES string of the molecule is CCCC(C)N(CCC)CC(N)=NO. The fourth-order valence-electron chi connectivity index (χ4n) is 1.58. The molecule has 4 heteroatoms. The number of hydrogen-bond donors (Lipinski definition) is 2. The van der Waals surface area contributed by atoms with Crippen molar-refractivity contribution in [2.75, 3.05) is 13.1 Å². The van der Waals surface area contributed by atoms with E-state index in [2.05, 4.69) is 30.8 Å². The van der Waals surface area contributed by atoms with Crippen LogP contribution in [0.1, 0.15) is 40.0 Å². The molecule has 0 spiro atoms. The highest BCUT2D eigenvalue weighted by atomic mass is 16.4. The van der Waals surface area contributed by atoms with Crippen molar-refractivity contribution in [2.24, 2.45) is 10.9 Å². The number of amidine groups is 1. The molecule has 3 N–H and O–H groups in total. The van der Waals surface area contributed by atoms with E-state index in [1.54, 1.807) is 0 Å². The first-order chi connectivity index (χ1) is 6.65. The van der Waals surface area contributed by atoms with Crippen molar-refractivity contribution < 1.29 is 5.21 Å². The standard InChI is InChI=1S/C10H23N3O/c1-4-6-9(3)13(7-5-2)8-10(11)12-14/h9,14H,4-8H2,1-3H3,(H2,11,12). The largest absolute Gasteiger partial charge is 0.409 e. The van der Waals surface area contributed by atoms with Crippen LogP contribution in [0.3, 0.4) is 0 Å². The van der Waals surface area contributed by atoms with E-state index in [1.807, 2.05) is 0 Å². The molecule has 0 rings (SSSR count). The molecule has 0 aromatic carbocycles. The predicted molar refractivity (Wildman–Crippen MR) is 59.6 cm³/mol. The number of rotatable bonds is 7. The van der Waals surface area contributed by atoms with Crippen molar-refractivity contribution in [3.05, 3.63) is 0 Å². The highest BCUT2D eigenvalue weighted by molar-refractivity contribution is 5.81. The molecule has 0 fully saturated rings. The molecule has 0 amide bonds. The van der Waals surface area contributed by atoms with Gasteiger partial charge in [0.25, 0.3) is 0 Å². The van der Waals surface area contributed by atoms with Crippen LogP contribution in [-0.4, -0.2) is 35.1 Å². The van der Waals surface area contributed by atoms with Gasteiger partial charge in [0.1, 0.15) is 0 Å². The van der Waals surface area contributed by atoms with Crippen molar-refractivity contribution in [2.45, 2.75) is 46.1 Å². The first kappa shape index (κ1) is 13.2. The highest BCUT2D eigenvalue weighted by Crippen LogP contribution is 2.06. The van der Waals surface area contributed by atoms with Crippen LogP contribution < -0.4 is 5.73 Å². The minimum absolute atomic E-state index is 0.293. The fourth-order valence-corrected chi connectivity index (χ4v) is 1.58. The molecule has 1 atom stereocenters. The summed E-state index contributed by atoms with van der Waals surface area (Å²) >= 11 is 0. The molecule has 0 saturated heterocycles. The Bertz CT molecular complexity index is 171. The maximum absolute atomic E-state index is 8.50. The lowest BCUT2D eigenvalue weighted by molar-refractivity contribution is 0.222. The molecule has 0 aliphatic heterocycles. The van der Waals surface area contributed by atoms with Crippen molar-refractivity contribution in [3.63, 3.8) is 0 Å². The zero-order valence-corrected chi connectivity index (χ0v) is 9.53. The maximum atomic E-state index is 8.50. The van der Waals surface area contributed by atoms with Crippen LogP contribution in [0.2, 0.25) is 0 Å². The van der Waals surface area contributed by atoms with Gasteiger partial charge in [-0.15, -0.1) is 0 Å². The van der Waals surface area contributed by atoms with Crippen molar-refractivity contribution in [1.29, 1.82) is 0 Å². The molecule has 0 bridgehead atoms. The summed E-state index contributed by atoms with van der Waals surface area (Å²) in [7, 11) is 0. The summed E-state index contributed by atoms with van der Waals surface area (Å²) in [5.74, 6) is 0.293. The van der Waals surface area contributed by atoms with Gasteiger partial charge >= 0.3 is 0 Å². The molecular formula is C10H23N3O. The monoisotopic (exact) mass is 201 g/mol. The summed E-state index contributed by atoms with van der Waals surface area (Å²) in [5.41, 5.74) is 5.50. The second-order valence-electron chi connectivity index (χ2n) is 3.70. The average molecular weight is 201 g/mol. The Kier molecular flexibility index (Phi) is 7.20. The number of nitrogens with two attached hydrogens (primary N) is 1. The zero-order valence-electron chi connectivity index (χ0n) is 9.53. The molecule has 84 valence electrons. The van der Waals surface area contributed by atoms with E-state index in [1.165, 1.54) is 0 Å².